The van der Waals surface area contributed by atoms with Crippen LogP contribution in [0, 0.1) is 13.8 Å². The van der Waals surface area contributed by atoms with E-state index in [9.17, 15) is 0 Å². The van der Waals surface area contributed by atoms with Gasteiger partial charge in [0.1, 0.15) is 11.6 Å². The molecule has 2 N–H and O–H groups in total. The van der Waals surface area contributed by atoms with Gasteiger partial charge in [0.2, 0.25) is 5.95 Å². The van der Waals surface area contributed by atoms with E-state index in [0.29, 0.717) is 22.5 Å². The highest BCUT2D eigenvalue weighted by Gasteiger charge is 2.10. The SMILES string of the molecule is COc1cc(Cl)c(C)cc1Nc1cc(C)nc(NC(C)C)n1. The van der Waals surface area contributed by atoms with E-state index in [1.807, 2.05) is 39.8 Å². The Balaban J connectivity index is 2.34. The summed E-state index contributed by atoms with van der Waals surface area (Å²) in [5, 5.41) is 7.15. The quantitative estimate of drug-likeness (QED) is 0.859. The second-order valence-corrected chi connectivity index (χ2v) is 5.85. The summed E-state index contributed by atoms with van der Waals surface area (Å²) in [4.78, 5) is 8.85. The second kappa shape index (κ2) is 6.83. The van der Waals surface area contributed by atoms with Crippen molar-refractivity contribution in [3.05, 3.63) is 34.5 Å². The Kier molecular flexibility index (Phi) is 5.08. The number of rotatable bonds is 5. The van der Waals surface area contributed by atoms with Crippen LogP contribution in [0.3, 0.4) is 0 Å². The van der Waals surface area contributed by atoms with Crippen LogP contribution in [0.4, 0.5) is 17.5 Å². The highest BCUT2D eigenvalue weighted by atomic mass is 35.5. The van der Waals surface area contributed by atoms with Gasteiger partial charge < -0.3 is 15.4 Å². The van der Waals surface area contributed by atoms with E-state index in [1.54, 1.807) is 13.2 Å². The Hall–Kier alpha value is -2.01. The Labute approximate surface area is 136 Å². The van der Waals surface area contributed by atoms with Crippen LogP contribution < -0.4 is 15.4 Å². The van der Waals surface area contributed by atoms with Gasteiger partial charge in [-0.3, -0.25) is 0 Å². The zero-order valence-corrected chi connectivity index (χ0v) is 14.2. The third-order valence-corrected chi connectivity index (χ3v) is 3.42. The van der Waals surface area contributed by atoms with Crippen molar-refractivity contribution in [2.75, 3.05) is 17.7 Å². The smallest absolute Gasteiger partial charge is 0.225 e. The number of hydrogen-bond donors (Lipinski definition) is 2. The molecular weight excluding hydrogens is 300 g/mol. The largest absolute Gasteiger partial charge is 0.495 e. The molecule has 22 heavy (non-hydrogen) atoms. The van der Waals surface area contributed by atoms with Crippen LogP contribution in [0.1, 0.15) is 25.1 Å². The lowest BCUT2D eigenvalue weighted by molar-refractivity contribution is 0.416. The number of ether oxygens (including phenoxy) is 1. The minimum atomic E-state index is 0.266. The predicted octanol–water partition coefficient (Wildman–Crippen LogP) is 4.32. The van der Waals surface area contributed by atoms with E-state index in [2.05, 4.69) is 20.6 Å². The van der Waals surface area contributed by atoms with Crippen LogP contribution in [-0.2, 0) is 0 Å². The maximum Gasteiger partial charge on any atom is 0.225 e. The third-order valence-electron chi connectivity index (χ3n) is 3.02. The summed E-state index contributed by atoms with van der Waals surface area (Å²) in [6.45, 7) is 7.97. The number of aromatic nitrogens is 2. The number of anilines is 3. The Bertz CT molecular complexity index is 673. The predicted molar refractivity (Wildman–Crippen MR) is 91.6 cm³/mol. The van der Waals surface area contributed by atoms with Crippen molar-refractivity contribution in [1.82, 2.24) is 9.97 Å². The zero-order valence-electron chi connectivity index (χ0n) is 13.5. The highest BCUT2D eigenvalue weighted by molar-refractivity contribution is 6.31. The first-order valence-electron chi connectivity index (χ1n) is 7.12. The van der Waals surface area contributed by atoms with Crippen LogP contribution in [0.2, 0.25) is 5.02 Å². The summed E-state index contributed by atoms with van der Waals surface area (Å²) in [5.41, 5.74) is 2.67. The van der Waals surface area contributed by atoms with Gasteiger partial charge in [0, 0.05) is 28.9 Å². The molecular formula is C16H21ClN4O. The van der Waals surface area contributed by atoms with Gasteiger partial charge in [-0.2, -0.15) is 4.98 Å². The maximum atomic E-state index is 6.13. The molecule has 2 rings (SSSR count). The minimum Gasteiger partial charge on any atom is -0.495 e. The monoisotopic (exact) mass is 320 g/mol. The van der Waals surface area contributed by atoms with Crippen LogP contribution >= 0.6 is 11.6 Å². The van der Waals surface area contributed by atoms with E-state index in [0.717, 1.165) is 16.9 Å². The third kappa shape index (κ3) is 4.01. The molecule has 0 saturated heterocycles. The fourth-order valence-electron chi connectivity index (χ4n) is 2.02. The molecule has 0 spiro atoms. The van der Waals surface area contributed by atoms with Crippen molar-refractivity contribution in [1.29, 1.82) is 0 Å². The molecule has 0 fully saturated rings. The van der Waals surface area contributed by atoms with Crippen molar-refractivity contribution >= 4 is 29.1 Å². The highest BCUT2D eigenvalue weighted by Crippen LogP contribution is 2.32. The van der Waals surface area contributed by atoms with E-state index < -0.39 is 0 Å². The van der Waals surface area contributed by atoms with Gasteiger partial charge in [-0.15, -0.1) is 0 Å². The molecule has 0 amide bonds. The molecule has 0 aliphatic heterocycles. The molecule has 0 bridgehead atoms. The lowest BCUT2D eigenvalue weighted by Gasteiger charge is -2.14. The van der Waals surface area contributed by atoms with Crippen LogP contribution in [0.5, 0.6) is 5.75 Å². The number of benzene rings is 1. The van der Waals surface area contributed by atoms with E-state index in [4.69, 9.17) is 16.3 Å². The van der Waals surface area contributed by atoms with Crippen molar-refractivity contribution in [3.63, 3.8) is 0 Å². The molecule has 0 aliphatic carbocycles. The molecule has 118 valence electrons. The topological polar surface area (TPSA) is 59.1 Å². The van der Waals surface area contributed by atoms with Gasteiger partial charge in [-0.25, -0.2) is 4.98 Å². The molecule has 0 saturated carbocycles. The average molecular weight is 321 g/mol. The molecule has 1 aromatic carbocycles. The van der Waals surface area contributed by atoms with E-state index in [-0.39, 0.29) is 6.04 Å². The van der Waals surface area contributed by atoms with Gasteiger partial charge in [-0.1, -0.05) is 11.6 Å². The normalized spacial score (nSPS) is 10.7. The number of nitrogens with zero attached hydrogens (tertiary/aromatic N) is 2. The minimum absolute atomic E-state index is 0.266. The molecule has 0 unspecified atom stereocenters. The molecule has 1 aromatic heterocycles. The van der Waals surface area contributed by atoms with Crippen LogP contribution in [-0.4, -0.2) is 23.1 Å². The molecule has 0 aliphatic rings. The first-order valence-corrected chi connectivity index (χ1v) is 7.50. The number of nitrogens with one attached hydrogen (secondary N) is 2. The lowest BCUT2D eigenvalue weighted by atomic mass is 10.2. The van der Waals surface area contributed by atoms with E-state index in [1.165, 1.54) is 0 Å². The molecule has 5 nitrogen and oxygen atoms in total. The second-order valence-electron chi connectivity index (χ2n) is 5.44. The standard InChI is InChI=1S/C16H21ClN4O/c1-9(2)18-16-19-11(4)7-15(21-16)20-13-6-10(3)12(17)8-14(13)22-5/h6-9H,1-5H3,(H2,18,19,20,21). The summed E-state index contributed by atoms with van der Waals surface area (Å²) in [5.74, 6) is 1.98. The maximum absolute atomic E-state index is 6.13. The van der Waals surface area contributed by atoms with Gasteiger partial charge in [0.15, 0.2) is 0 Å². The molecule has 2 aromatic rings. The number of aryl methyl sites for hydroxylation is 2. The first kappa shape index (κ1) is 16.4. The fraction of sp³-hybridized carbons (Fsp3) is 0.375. The van der Waals surface area contributed by atoms with Gasteiger partial charge in [0.25, 0.3) is 0 Å². The van der Waals surface area contributed by atoms with Gasteiger partial charge >= 0.3 is 0 Å². The molecule has 6 heteroatoms. The van der Waals surface area contributed by atoms with Crippen molar-refractivity contribution in [2.45, 2.75) is 33.7 Å². The molecule has 1 heterocycles. The Morgan fingerprint density at radius 1 is 1.14 bits per heavy atom. The Morgan fingerprint density at radius 3 is 2.50 bits per heavy atom. The summed E-state index contributed by atoms with van der Waals surface area (Å²) in [6, 6.07) is 5.88. The first-order chi connectivity index (χ1) is 10.4. The van der Waals surface area contributed by atoms with Crippen molar-refractivity contribution in [3.8, 4) is 5.75 Å². The van der Waals surface area contributed by atoms with Crippen LogP contribution in [0.25, 0.3) is 0 Å². The lowest BCUT2D eigenvalue weighted by Crippen LogP contribution is -2.13. The van der Waals surface area contributed by atoms with Crippen molar-refractivity contribution in [2.24, 2.45) is 0 Å². The summed E-state index contributed by atoms with van der Waals surface area (Å²) in [6.07, 6.45) is 0. The van der Waals surface area contributed by atoms with Crippen LogP contribution in [0.15, 0.2) is 18.2 Å². The number of halogens is 1. The van der Waals surface area contributed by atoms with Crippen molar-refractivity contribution < 1.29 is 4.74 Å². The number of hydrogen-bond acceptors (Lipinski definition) is 5. The van der Waals surface area contributed by atoms with Gasteiger partial charge in [-0.05, 0) is 39.3 Å². The molecule has 0 radical (unpaired) electrons. The fourth-order valence-corrected chi connectivity index (χ4v) is 2.18. The van der Waals surface area contributed by atoms with E-state index >= 15 is 0 Å². The summed E-state index contributed by atoms with van der Waals surface area (Å²) >= 11 is 6.13. The zero-order chi connectivity index (χ0) is 16.3. The summed E-state index contributed by atoms with van der Waals surface area (Å²) in [7, 11) is 1.61. The van der Waals surface area contributed by atoms with Gasteiger partial charge in [0.05, 0.1) is 12.8 Å². The Morgan fingerprint density at radius 2 is 1.86 bits per heavy atom. The number of methoxy groups -OCH3 is 1. The molecule has 0 atom stereocenters. The summed E-state index contributed by atoms with van der Waals surface area (Å²) < 4.78 is 5.37. The average Bonchev–Trinajstić information content (AvgIpc) is 2.41.